The summed E-state index contributed by atoms with van der Waals surface area (Å²) in [6.07, 6.45) is 4.67. The average molecular weight is 213 g/mol. The van der Waals surface area contributed by atoms with E-state index in [-0.39, 0.29) is 0 Å². The van der Waals surface area contributed by atoms with Crippen molar-refractivity contribution in [2.45, 2.75) is 59.2 Å². The van der Waals surface area contributed by atoms with Crippen LogP contribution in [0, 0.1) is 5.92 Å². The Morgan fingerprint density at radius 1 is 1.13 bits per heavy atom. The molecule has 2 nitrogen and oxygen atoms in total. The van der Waals surface area contributed by atoms with Gasteiger partial charge in [0.2, 0.25) is 0 Å². The molecule has 0 saturated carbocycles. The van der Waals surface area contributed by atoms with Crippen LogP contribution >= 0.6 is 0 Å². The summed E-state index contributed by atoms with van der Waals surface area (Å²) in [6.45, 7) is 12.6. The van der Waals surface area contributed by atoms with Crippen molar-refractivity contribution in [2.75, 3.05) is 19.6 Å². The molecule has 0 atom stereocenters. The van der Waals surface area contributed by atoms with E-state index in [0.717, 1.165) is 5.92 Å². The maximum Gasteiger partial charge on any atom is 0.0603 e. The van der Waals surface area contributed by atoms with Gasteiger partial charge in [0.1, 0.15) is 0 Å². The van der Waals surface area contributed by atoms with Gasteiger partial charge in [-0.3, -0.25) is 0 Å². The normalized spacial score (nSPS) is 20.4. The first-order valence-corrected chi connectivity index (χ1v) is 6.45. The van der Waals surface area contributed by atoms with E-state index >= 15 is 0 Å². The summed E-state index contributed by atoms with van der Waals surface area (Å²) in [5.74, 6) is 0.828. The average Bonchev–Trinajstić information content (AvgIpc) is 2.16. The van der Waals surface area contributed by atoms with Gasteiger partial charge in [-0.25, -0.2) is 0 Å². The predicted molar refractivity (Wildman–Crippen MR) is 65.1 cm³/mol. The molecule has 0 amide bonds. The third kappa shape index (κ3) is 5.53. The summed E-state index contributed by atoms with van der Waals surface area (Å²) < 4.78 is 5.84. The van der Waals surface area contributed by atoms with Crippen LogP contribution in [0.4, 0.5) is 0 Å². The molecular formula is C13H27NO. The Bertz CT molecular complexity index is 160. The Balaban J connectivity index is 2.12. The Kier molecular flexibility index (Phi) is 5.62. The van der Waals surface area contributed by atoms with Crippen LogP contribution in [0.1, 0.15) is 47.0 Å². The molecule has 0 N–H and O–H groups in total. The molecule has 0 aromatic carbocycles. The molecule has 0 bridgehead atoms. The Morgan fingerprint density at radius 2 is 1.73 bits per heavy atom. The molecule has 0 unspecified atom stereocenters. The first kappa shape index (κ1) is 13.0. The largest absolute Gasteiger partial charge is 0.375 e. The van der Waals surface area contributed by atoms with E-state index in [2.05, 4.69) is 32.6 Å². The molecule has 1 aliphatic heterocycles. The molecule has 1 fully saturated rings. The molecule has 0 aromatic rings. The van der Waals surface area contributed by atoms with E-state index in [1.165, 1.54) is 38.9 Å². The van der Waals surface area contributed by atoms with Gasteiger partial charge in [-0.2, -0.15) is 0 Å². The quantitative estimate of drug-likeness (QED) is 0.696. The van der Waals surface area contributed by atoms with Crippen LogP contribution in [0.3, 0.4) is 0 Å². The van der Waals surface area contributed by atoms with Crippen molar-refractivity contribution in [1.29, 1.82) is 0 Å². The molecule has 0 aliphatic carbocycles. The minimum absolute atomic E-state index is 0.386. The fourth-order valence-electron chi connectivity index (χ4n) is 2.09. The van der Waals surface area contributed by atoms with Gasteiger partial charge in [-0.1, -0.05) is 13.8 Å². The van der Waals surface area contributed by atoms with Crippen LogP contribution in [0.25, 0.3) is 0 Å². The van der Waals surface area contributed by atoms with E-state index in [1.807, 2.05) is 0 Å². The molecule has 0 spiro atoms. The lowest BCUT2D eigenvalue weighted by Gasteiger charge is -2.33. The minimum atomic E-state index is 0.386. The summed E-state index contributed by atoms with van der Waals surface area (Å²) in [4.78, 5) is 2.58. The van der Waals surface area contributed by atoms with Crippen LogP contribution in [0.2, 0.25) is 0 Å². The topological polar surface area (TPSA) is 12.5 Å². The number of likely N-dealkylation sites (tertiary alicyclic amines) is 1. The number of piperidine rings is 1. The van der Waals surface area contributed by atoms with Gasteiger partial charge >= 0.3 is 0 Å². The van der Waals surface area contributed by atoms with Gasteiger partial charge in [0, 0.05) is 13.1 Å². The number of ether oxygens (including phenoxy) is 1. The summed E-state index contributed by atoms with van der Waals surface area (Å²) in [6, 6.07) is 0. The lowest BCUT2D eigenvalue weighted by Crippen LogP contribution is -2.38. The Hall–Kier alpha value is -0.0800. The smallest absolute Gasteiger partial charge is 0.0603 e. The first-order chi connectivity index (χ1) is 7.08. The Labute approximate surface area is 95.0 Å². The minimum Gasteiger partial charge on any atom is -0.375 e. The molecule has 1 rings (SSSR count). The highest BCUT2D eigenvalue weighted by molar-refractivity contribution is 4.73. The summed E-state index contributed by atoms with van der Waals surface area (Å²) >= 11 is 0. The number of rotatable bonds is 5. The molecule has 1 saturated heterocycles. The summed E-state index contributed by atoms with van der Waals surface area (Å²) in [7, 11) is 0. The van der Waals surface area contributed by atoms with Crippen molar-refractivity contribution in [3.8, 4) is 0 Å². The van der Waals surface area contributed by atoms with E-state index in [9.17, 15) is 0 Å². The fourth-order valence-corrected chi connectivity index (χ4v) is 2.09. The van der Waals surface area contributed by atoms with E-state index in [1.54, 1.807) is 0 Å². The molecule has 15 heavy (non-hydrogen) atoms. The number of nitrogens with zero attached hydrogens (tertiary/aromatic N) is 1. The highest BCUT2D eigenvalue weighted by atomic mass is 16.5. The zero-order chi connectivity index (χ0) is 11.3. The second kappa shape index (κ2) is 6.49. The van der Waals surface area contributed by atoms with Crippen LogP contribution in [-0.2, 0) is 4.74 Å². The highest BCUT2D eigenvalue weighted by Gasteiger charge is 2.20. The predicted octanol–water partition coefficient (Wildman–Crippen LogP) is 2.92. The van der Waals surface area contributed by atoms with Crippen molar-refractivity contribution in [1.82, 2.24) is 4.90 Å². The van der Waals surface area contributed by atoms with Gasteiger partial charge in [0.15, 0.2) is 0 Å². The van der Waals surface area contributed by atoms with E-state index in [0.29, 0.717) is 12.2 Å². The molecule has 0 aromatic heterocycles. The number of hydrogen-bond donors (Lipinski definition) is 0. The second-order valence-corrected chi connectivity index (χ2v) is 5.41. The standard InChI is InChI=1S/C13H27NO/c1-11(2)5-8-14-9-6-13(7-10-14)15-12(3)4/h11-13H,5-10H2,1-4H3. The molecule has 90 valence electrons. The third-order valence-corrected chi connectivity index (χ3v) is 3.02. The van der Waals surface area contributed by atoms with Crippen LogP contribution < -0.4 is 0 Å². The fraction of sp³-hybridized carbons (Fsp3) is 1.00. The third-order valence-electron chi connectivity index (χ3n) is 3.02. The highest BCUT2D eigenvalue weighted by Crippen LogP contribution is 2.16. The first-order valence-electron chi connectivity index (χ1n) is 6.45. The van der Waals surface area contributed by atoms with Gasteiger partial charge in [0.05, 0.1) is 12.2 Å². The lowest BCUT2D eigenvalue weighted by molar-refractivity contribution is -0.0271. The van der Waals surface area contributed by atoms with E-state index in [4.69, 9.17) is 4.74 Å². The molecule has 0 radical (unpaired) electrons. The maximum absolute atomic E-state index is 5.84. The zero-order valence-electron chi connectivity index (χ0n) is 10.8. The van der Waals surface area contributed by atoms with Crippen molar-refractivity contribution in [3.05, 3.63) is 0 Å². The summed E-state index contributed by atoms with van der Waals surface area (Å²) in [5, 5.41) is 0. The molecule has 1 heterocycles. The monoisotopic (exact) mass is 213 g/mol. The van der Waals surface area contributed by atoms with Crippen molar-refractivity contribution < 1.29 is 4.74 Å². The second-order valence-electron chi connectivity index (χ2n) is 5.41. The van der Waals surface area contributed by atoms with Crippen LogP contribution in [0.15, 0.2) is 0 Å². The van der Waals surface area contributed by atoms with Gasteiger partial charge in [0.25, 0.3) is 0 Å². The lowest BCUT2D eigenvalue weighted by atomic mass is 10.1. The maximum atomic E-state index is 5.84. The van der Waals surface area contributed by atoms with Crippen molar-refractivity contribution >= 4 is 0 Å². The van der Waals surface area contributed by atoms with Gasteiger partial charge < -0.3 is 9.64 Å². The van der Waals surface area contributed by atoms with Gasteiger partial charge in [-0.05, 0) is 45.6 Å². The van der Waals surface area contributed by atoms with E-state index < -0.39 is 0 Å². The SMILES string of the molecule is CC(C)CCN1CCC(OC(C)C)CC1. The zero-order valence-corrected chi connectivity index (χ0v) is 10.8. The van der Waals surface area contributed by atoms with Crippen molar-refractivity contribution in [3.63, 3.8) is 0 Å². The molecule has 1 aliphatic rings. The molecular weight excluding hydrogens is 186 g/mol. The number of hydrogen-bond acceptors (Lipinski definition) is 2. The van der Waals surface area contributed by atoms with Crippen molar-refractivity contribution in [2.24, 2.45) is 5.92 Å². The summed E-state index contributed by atoms with van der Waals surface area (Å²) in [5.41, 5.74) is 0. The van der Waals surface area contributed by atoms with Crippen LogP contribution in [-0.4, -0.2) is 36.7 Å². The van der Waals surface area contributed by atoms with Crippen LogP contribution in [0.5, 0.6) is 0 Å². The van der Waals surface area contributed by atoms with Gasteiger partial charge in [-0.15, -0.1) is 0 Å². The Morgan fingerprint density at radius 3 is 2.20 bits per heavy atom. The molecule has 2 heteroatoms.